The van der Waals surface area contributed by atoms with E-state index >= 15 is 0 Å². The van der Waals surface area contributed by atoms with Crippen LogP contribution in [0, 0.1) is 0 Å². The minimum absolute atomic E-state index is 0.345. The van der Waals surface area contributed by atoms with Gasteiger partial charge in [0.1, 0.15) is 13.2 Å². The average Bonchev–Trinajstić information content (AvgIpc) is 2.37. The number of hydrogen-bond acceptors (Lipinski definition) is 3. The minimum Gasteiger partial charge on any atom is -0.480 e. The summed E-state index contributed by atoms with van der Waals surface area (Å²) in [6.45, 7) is 0. The number of carboxylic acids is 1. The van der Waals surface area contributed by atoms with Crippen LogP contribution in [0.1, 0.15) is 11.1 Å². The number of hydrogen-bond donors (Lipinski definition) is 2. The number of nitrogens with two attached hydrogens (primary N) is 1. The lowest BCUT2D eigenvalue weighted by atomic mass is 10.0. The minimum atomic E-state index is -0.978. The molecular formula is C13H19N2O3+. The van der Waals surface area contributed by atoms with Crippen molar-refractivity contribution in [3.8, 4) is 0 Å². The first-order valence-corrected chi connectivity index (χ1v) is 5.69. The van der Waals surface area contributed by atoms with Crippen molar-refractivity contribution in [1.29, 1.82) is 0 Å². The standard InChI is InChI=1S/C13H18N2O3/c1-15(18-2)8-7-10-3-5-11(6-4-10)9-12(14)13(16)17/h3-6,8,12H,7,9,14H2,1-2H3/p+1/b15-8+. The average molecular weight is 251 g/mol. The van der Waals surface area contributed by atoms with Crippen LogP contribution in [-0.4, -0.2) is 42.2 Å². The number of carboxylic acid groups (broad SMARTS) is 1. The van der Waals surface area contributed by atoms with Gasteiger partial charge in [0.25, 0.3) is 0 Å². The topological polar surface area (TPSA) is 75.6 Å². The summed E-state index contributed by atoms with van der Waals surface area (Å²) in [5, 5.41) is 8.72. The number of rotatable bonds is 6. The molecular weight excluding hydrogens is 232 g/mol. The van der Waals surface area contributed by atoms with Crippen LogP contribution < -0.4 is 5.73 Å². The predicted molar refractivity (Wildman–Crippen MR) is 68.7 cm³/mol. The van der Waals surface area contributed by atoms with E-state index in [4.69, 9.17) is 15.7 Å². The van der Waals surface area contributed by atoms with Gasteiger partial charge in [0.05, 0.1) is 6.42 Å². The van der Waals surface area contributed by atoms with Gasteiger partial charge in [-0.2, -0.15) is 0 Å². The molecule has 0 saturated heterocycles. The van der Waals surface area contributed by atoms with Crippen LogP contribution in [0.3, 0.4) is 0 Å². The van der Waals surface area contributed by atoms with E-state index in [1.807, 2.05) is 37.5 Å². The molecule has 98 valence electrons. The maximum Gasteiger partial charge on any atom is 0.320 e. The molecule has 0 bridgehead atoms. The lowest BCUT2D eigenvalue weighted by molar-refractivity contribution is -0.758. The Morgan fingerprint density at radius 2 is 2.00 bits per heavy atom. The summed E-state index contributed by atoms with van der Waals surface area (Å²) in [4.78, 5) is 15.6. The van der Waals surface area contributed by atoms with Crippen LogP contribution in [0.25, 0.3) is 0 Å². The Kier molecular flexibility index (Phi) is 5.32. The molecule has 1 unspecified atom stereocenters. The van der Waals surface area contributed by atoms with Gasteiger partial charge in [-0.25, -0.2) is 0 Å². The molecule has 18 heavy (non-hydrogen) atoms. The van der Waals surface area contributed by atoms with Gasteiger partial charge in [0.15, 0.2) is 13.3 Å². The van der Waals surface area contributed by atoms with Crippen molar-refractivity contribution in [3.05, 3.63) is 35.4 Å². The van der Waals surface area contributed by atoms with Crippen molar-refractivity contribution >= 4 is 12.2 Å². The number of benzene rings is 1. The summed E-state index contributed by atoms with van der Waals surface area (Å²) in [6, 6.07) is 6.88. The normalized spacial score (nSPS) is 13.2. The molecule has 1 rings (SSSR count). The van der Waals surface area contributed by atoms with E-state index in [1.54, 1.807) is 11.8 Å². The summed E-state index contributed by atoms with van der Waals surface area (Å²) < 4.78 is 1.63. The van der Waals surface area contributed by atoms with Gasteiger partial charge < -0.3 is 10.8 Å². The number of nitrogens with zero attached hydrogens (tertiary/aromatic N) is 1. The molecule has 1 aromatic carbocycles. The third-order valence-electron chi connectivity index (χ3n) is 2.67. The molecule has 0 amide bonds. The predicted octanol–water partition coefficient (Wildman–Crippen LogP) is 0.458. The van der Waals surface area contributed by atoms with Crippen molar-refractivity contribution in [3.63, 3.8) is 0 Å². The first kappa shape index (κ1) is 14.2. The van der Waals surface area contributed by atoms with Gasteiger partial charge in [-0.15, -0.1) is 0 Å². The molecule has 0 aliphatic rings. The van der Waals surface area contributed by atoms with Crippen molar-refractivity contribution in [2.45, 2.75) is 18.9 Å². The summed E-state index contributed by atoms with van der Waals surface area (Å²) >= 11 is 0. The molecule has 5 nitrogen and oxygen atoms in total. The van der Waals surface area contributed by atoms with Crippen molar-refractivity contribution in [1.82, 2.24) is 0 Å². The zero-order valence-electron chi connectivity index (χ0n) is 10.7. The van der Waals surface area contributed by atoms with Gasteiger partial charge in [0, 0.05) is 0 Å². The van der Waals surface area contributed by atoms with Gasteiger partial charge >= 0.3 is 5.97 Å². The molecule has 0 aromatic heterocycles. The smallest absolute Gasteiger partial charge is 0.320 e. The quantitative estimate of drug-likeness (QED) is 0.437. The second-order valence-corrected chi connectivity index (χ2v) is 4.08. The first-order valence-electron chi connectivity index (χ1n) is 5.69. The van der Waals surface area contributed by atoms with Gasteiger partial charge in [-0.3, -0.25) is 9.63 Å². The molecule has 0 spiro atoms. The highest BCUT2D eigenvalue weighted by atomic mass is 16.6. The third kappa shape index (κ3) is 4.55. The van der Waals surface area contributed by atoms with Gasteiger partial charge in [-0.1, -0.05) is 24.3 Å². The van der Waals surface area contributed by atoms with Crippen molar-refractivity contribution < 1.29 is 19.5 Å². The molecule has 5 heteroatoms. The molecule has 0 fully saturated rings. The van der Waals surface area contributed by atoms with Crippen LogP contribution in [0.4, 0.5) is 0 Å². The highest BCUT2D eigenvalue weighted by Crippen LogP contribution is 2.06. The fraction of sp³-hybridized carbons (Fsp3) is 0.385. The molecule has 1 aromatic rings. The fourth-order valence-corrected chi connectivity index (χ4v) is 1.46. The van der Waals surface area contributed by atoms with E-state index in [-0.39, 0.29) is 0 Å². The monoisotopic (exact) mass is 251 g/mol. The number of hydroxylamine groups is 1. The second-order valence-electron chi connectivity index (χ2n) is 4.08. The molecule has 0 aliphatic carbocycles. The summed E-state index contributed by atoms with van der Waals surface area (Å²) in [5.41, 5.74) is 7.53. The zero-order valence-corrected chi connectivity index (χ0v) is 10.7. The highest BCUT2D eigenvalue weighted by Gasteiger charge is 2.11. The molecule has 0 radical (unpaired) electrons. The summed E-state index contributed by atoms with van der Waals surface area (Å²) in [6.07, 6.45) is 3.02. The molecule has 0 heterocycles. The largest absolute Gasteiger partial charge is 0.480 e. The van der Waals surface area contributed by atoms with Crippen molar-refractivity contribution in [2.24, 2.45) is 5.73 Å². The second kappa shape index (κ2) is 6.76. The van der Waals surface area contributed by atoms with Crippen LogP contribution in [-0.2, 0) is 22.5 Å². The summed E-state index contributed by atoms with van der Waals surface area (Å²) in [5.74, 6) is -0.978. The van der Waals surface area contributed by atoms with E-state index in [2.05, 4.69) is 0 Å². The molecule has 0 aliphatic heterocycles. The van der Waals surface area contributed by atoms with Gasteiger partial charge in [0.2, 0.25) is 0 Å². The SMILES string of the molecule is CO/[N+](C)=C/Cc1ccc(CC(N)C(=O)O)cc1. The van der Waals surface area contributed by atoms with Crippen LogP contribution in [0.15, 0.2) is 24.3 Å². The molecule has 1 atom stereocenters. The fourth-order valence-electron chi connectivity index (χ4n) is 1.46. The lowest BCUT2D eigenvalue weighted by Crippen LogP contribution is -2.32. The zero-order chi connectivity index (χ0) is 13.5. The maximum absolute atomic E-state index is 10.6. The van der Waals surface area contributed by atoms with E-state index < -0.39 is 12.0 Å². The third-order valence-corrected chi connectivity index (χ3v) is 2.67. The Labute approximate surface area is 106 Å². The lowest BCUT2D eigenvalue weighted by Gasteiger charge is -2.06. The van der Waals surface area contributed by atoms with E-state index in [0.29, 0.717) is 6.42 Å². The Bertz CT molecular complexity index is 426. The van der Waals surface area contributed by atoms with Crippen LogP contribution in [0.5, 0.6) is 0 Å². The summed E-state index contributed by atoms with van der Waals surface area (Å²) in [7, 11) is 3.42. The van der Waals surface area contributed by atoms with E-state index in [1.165, 1.54) is 0 Å². The highest BCUT2D eigenvalue weighted by molar-refractivity contribution is 5.73. The van der Waals surface area contributed by atoms with E-state index in [9.17, 15) is 4.79 Å². The molecule has 3 N–H and O–H groups in total. The van der Waals surface area contributed by atoms with Crippen LogP contribution in [0.2, 0.25) is 0 Å². The number of carbonyl (C=O) groups is 1. The van der Waals surface area contributed by atoms with Crippen molar-refractivity contribution in [2.75, 3.05) is 14.2 Å². The first-order chi connectivity index (χ1) is 8.52. The molecule has 0 saturated carbocycles. The Hall–Kier alpha value is -1.88. The maximum atomic E-state index is 10.6. The Morgan fingerprint density at radius 1 is 1.44 bits per heavy atom. The van der Waals surface area contributed by atoms with Gasteiger partial charge in [-0.05, 0) is 22.3 Å². The Balaban J connectivity index is 2.60. The number of aliphatic carboxylic acids is 1. The van der Waals surface area contributed by atoms with E-state index in [0.717, 1.165) is 17.5 Å². The Morgan fingerprint density at radius 3 is 2.50 bits per heavy atom. The van der Waals surface area contributed by atoms with Crippen LogP contribution >= 0.6 is 0 Å².